The van der Waals surface area contributed by atoms with Crippen LogP contribution in [0.25, 0.3) is 0 Å². The van der Waals surface area contributed by atoms with E-state index < -0.39 is 5.97 Å². The van der Waals surface area contributed by atoms with Crippen molar-refractivity contribution in [1.82, 2.24) is 4.90 Å². The van der Waals surface area contributed by atoms with E-state index in [1.165, 1.54) is 4.90 Å². The number of benzene rings is 2. The molecule has 4 nitrogen and oxygen atoms in total. The fourth-order valence-electron chi connectivity index (χ4n) is 2.45. The SMILES string of the molecule is Cc1ccccc1CC(=O)N(CCc1ccccc1)CC(=O)O. The number of aryl methyl sites for hydroxylation is 1. The minimum absolute atomic E-state index is 0.155. The average Bonchev–Trinajstić information content (AvgIpc) is 2.54. The molecule has 0 saturated carbocycles. The van der Waals surface area contributed by atoms with Gasteiger partial charge in [-0.2, -0.15) is 0 Å². The maximum absolute atomic E-state index is 12.5. The highest BCUT2D eigenvalue weighted by Gasteiger charge is 2.17. The number of amides is 1. The van der Waals surface area contributed by atoms with Crippen molar-refractivity contribution in [3.63, 3.8) is 0 Å². The van der Waals surface area contributed by atoms with Crippen LogP contribution in [-0.4, -0.2) is 35.0 Å². The summed E-state index contributed by atoms with van der Waals surface area (Å²) in [5.41, 5.74) is 3.07. The molecule has 0 spiro atoms. The largest absolute Gasteiger partial charge is 0.480 e. The molecule has 2 aromatic rings. The van der Waals surface area contributed by atoms with Crippen LogP contribution < -0.4 is 0 Å². The molecule has 23 heavy (non-hydrogen) atoms. The summed E-state index contributed by atoms with van der Waals surface area (Å²) in [5.74, 6) is -1.14. The third-order valence-electron chi connectivity index (χ3n) is 3.79. The summed E-state index contributed by atoms with van der Waals surface area (Å²) in [6, 6.07) is 17.4. The van der Waals surface area contributed by atoms with E-state index in [9.17, 15) is 9.59 Å². The quantitative estimate of drug-likeness (QED) is 0.855. The van der Waals surface area contributed by atoms with Crippen LogP contribution in [0.3, 0.4) is 0 Å². The Morgan fingerprint density at radius 3 is 2.30 bits per heavy atom. The van der Waals surface area contributed by atoms with Gasteiger partial charge in [-0.25, -0.2) is 0 Å². The van der Waals surface area contributed by atoms with Crippen LogP contribution in [0.1, 0.15) is 16.7 Å². The lowest BCUT2D eigenvalue weighted by atomic mass is 10.0. The van der Waals surface area contributed by atoms with Crippen LogP contribution in [0.2, 0.25) is 0 Å². The Bertz CT molecular complexity index is 667. The van der Waals surface area contributed by atoms with Crippen LogP contribution in [0.15, 0.2) is 54.6 Å². The summed E-state index contributed by atoms with van der Waals surface area (Å²) >= 11 is 0. The Hall–Kier alpha value is -2.62. The van der Waals surface area contributed by atoms with Gasteiger partial charge in [0, 0.05) is 6.54 Å². The van der Waals surface area contributed by atoms with Crippen molar-refractivity contribution in [2.45, 2.75) is 19.8 Å². The minimum atomic E-state index is -0.990. The van der Waals surface area contributed by atoms with Crippen molar-refractivity contribution in [3.05, 3.63) is 71.3 Å². The van der Waals surface area contributed by atoms with Crippen LogP contribution in [0.4, 0.5) is 0 Å². The van der Waals surface area contributed by atoms with E-state index in [4.69, 9.17) is 5.11 Å². The van der Waals surface area contributed by atoms with Crippen molar-refractivity contribution < 1.29 is 14.7 Å². The summed E-state index contributed by atoms with van der Waals surface area (Å²) in [6.45, 7) is 2.09. The first kappa shape index (κ1) is 16.7. The van der Waals surface area contributed by atoms with Gasteiger partial charge in [0.25, 0.3) is 0 Å². The molecule has 0 aliphatic heterocycles. The van der Waals surface area contributed by atoms with E-state index in [0.29, 0.717) is 13.0 Å². The maximum atomic E-state index is 12.5. The van der Waals surface area contributed by atoms with Crippen molar-refractivity contribution >= 4 is 11.9 Å². The number of hydrogen-bond acceptors (Lipinski definition) is 2. The molecule has 0 aromatic heterocycles. The molecule has 0 fully saturated rings. The Labute approximate surface area is 136 Å². The van der Waals surface area contributed by atoms with Gasteiger partial charge in [0.05, 0.1) is 6.42 Å². The van der Waals surface area contributed by atoms with Gasteiger partial charge < -0.3 is 10.0 Å². The summed E-state index contributed by atoms with van der Waals surface area (Å²) in [6.07, 6.45) is 0.877. The molecular formula is C19H21NO3. The highest BCUT2D eigenvalue weighted by atomic mass is 16.4. The smallest absolute Gasteiger partial charge is 0.323 e. The molecule has 2 aromatic carbocycles. The highest BCUT2D eigenvalue weighted by Crippen LogP contribution is 2.10. The first-order chi connectivity index (χ1) is 11.1. The number of aliphatic carboxylic acids is 1. The lowest BCUT2D eigenvalue weighted by Gasteiger charge is -2.21. The van der Waals surface area contributed by atoms with E-state index in [1.807, 2.05) is 61.5 Å². The number of carboxylic acids is 1. The molecule has 2 rings (SSSR count). The second kappa shape index (κ2) is 8.13. The molecule has 0 heterocycles. The van der Waals surface area contributed by atoms with Gasteiger partial charge in [-0.1, -0.05) is 54.6 Å². The Kier molecular flexibility index (Phi) is 5.92. The van der Waals surface area contributed by atoms with Gasteiger partial charge in [-0.15, -0.1) is 0 Å². The van der Waals surface area contributed by atoms with Gasteiger partial charge >= 0.3 is 5.97 Å². The predicted octanol–water partition coefficient (Wildman–Crippen LogP) is 2.69. The molecule has 0 aliphatic rings. The number of hydrogen-bond donors (Lipinski definition) is 1. The highest BCUT2D eigenvalue weighted by molar-refractivity contribution is 5.83. The average molecular weight is 311 g/mol. The van der Waals surface area contributed by atoms with Gasteiger partial charge in [-0.05, 0) is 30.0 Å². The minimum Gasteiger partial charge on any atom is -0.480 e. The maximum Gasteiger partial charge on any atom is 0.323 e. The topological polar surface area (TPSA) is 57.6 Å². The molecule has 0 atom stereocenters. The predicted molar refractivity (Wildman–Crippen MR) is 89.2 cm³/mol. The second-order valence-electron chi connectivity index (χ2n) is 5.55. The number of carboxylic acid groups (broad SMARTS) is 1. The lowest BCUT2D eigenvalue weighted by molar-refractivity contribution is -0.144. The first-order valence-electron chi connectivity index (χ1n) is 7.64. The standard InChI is InChI=1S/C19H21NO3/c1-15-7-5-6-10-17(15)13-18(21)20(14-19(22)23)12-11-16-8-3-2-4-9-16/h2-10H,11-14H2,1H3,(H,22,23). The fourth-order valence-corrected chi connectivity index (χ4v) is 2.45. The summed E-state index contributed by atoms with van der Waals surface area (Å²) in [4.78, 5) is 25.0. The van der Waals surface area contributed by atoms with E-state index in [1.54, 1.807) is 0 Å². The van der Waals surface area contributed by atoms with Crippen LogP contribution in [-0.2, 0) is 22.4 Å². The molecule has 0 saturated heterocycles. The third kappa shape index (κ3) is 5.25. The summed E-state index contributed by atoms with van der Waals surface area (Å²) in [7, 11) is 0. The van der Waals surface area contributed by atoms with Gasteiger partial charge in [0.1, 0.15) is 6.54 Å². The zero-order valence-corrected chi connectivity index (χ0v) is 13.2. The van der Waals surface area contributed by atoms with E-state index in [-0.39, 0.29) is 18.9 Å². The first-order valence-corrected chi connectivity index (χ1v) is 7.64. The van der Waals surface area contributed by atoms with Crippen molar-refractivity contribution in [2.24, 2.45) is 0 Å². The number of carbonyl (C=O) groups excluding carboxylic acids is 1. The molecule has 0 unspecified atom stereocenters. The van der Waals surface area contributed by atoms with E-state index in [2.05, 4.69) is 0 Å². The summed E-state index contributed by atoms with van der Waals surface area (Å²) < 4.78 is 0. The van der Waals surface area contributed by atoms with Crippen LogP contribution in [0, 0.1) is 6.92 Å². The second-order valence-corrected chi connectivity index (χ2v) is 5.55. The van der Waals surface area contributed by atoms with Gasteiger partial charge in [-0.3, -0.25) is 9.59 Å². The number of carbonyl (C=O) groups is 2. The molecule has 120 valence electrons. The Balaban J connectivity index is 2.03. The molecule has 1 N–H and O–H groups in total. The zero-order valence-electron chi connectivity index (χ0n) is 13.2. The van der Waals surface area contributed by atoms with Crippen LogP contribution >= 0.6 is 0 Å². The normalized spacial score (nSPS) is 10.3. The Morgan fingerprint density at radius 2 is 1.65 bits per heavy atom. The monoisotopic (exact) mass is 311 g/mol. The molecular weight excluding hydrogens is 290 g/mol. The lowest BCUT2D eigenvalue weighted by Crippen LogP contribution is -2.38. The van der Waals surface area contributed by atoms with E-state index in [0.717, 1.165) is 16.7 Å². The number of nitrogens with zero attached hydrogens (tertiary/aromatic N) is 1. The molecule has 1 amide bonds. The molecule has 0 aliphatic carbocycles. The van der Waals surface area contributed by atoms with Gasteiger partial charge in [0.15, 0.2) is 0 Å². The van der Waals surface area contributed by atoms with E-state index >= 15 is 0 Å². The molecule has 0 radical (unpaired) electrons. The summed E-state index contributed by atoms with van der Waals surface area (Å²) in [5, 5.41) is 9.06. The van der Waals surface area contributed by atoms with Gasteiger partial charge in [0.2, 0.25) is 5.91 Å². The Morgan fingerprint density at radius 1 is 1.00 bits per heavy atom. The van der Waals surface area contributed by atoms with Crippen molar-refractivity contribution in [3.8, 4) is 0 Å². The molecule has 4 heteroatoms. The van der Waals surface area contributed by atoms with Crippen molar-refractivity contribution in [1.29, 1.82) is 0 Å². The third-order valence-corrected chi connectivity index (χ3v) is 3.79. The van der Waals surface area contributed by atoms with Crippen molar-refractivity contribution in [2.75, 3.05) is 13.1 Å². The fraction of sp³-hybridized carbons (Fsp3) is 0.263. The number of rotatable bonds is 7. The zero-order chi connectivity index (χ0) is 16.7. The molecule has 0 bridgehead atoms. The van der Waals surface area contributed by atoms with Crippen LogP contribution in [0.5, 0.6) is 0 Å².